The molecule has 0 fully saturated rings. The Morgan fingerprint density at radius 3 is 1.80 bits per heavy atom. The van der Waals surface area contributed by atoms with Crippen LogP contribution in [0.1, 0.15) is 6.92 Å². The van der Waals surface area contributed by atoms with E-state index in [4.69, 9.17) is 23.7 Å². The summed E-state index contributed by atoms with van der Waals surface area (Å²) >= 11 is 0. The molecule has 1 atom stereocenters. The summed E-state index contributed by atoms with van der Waals surface area (Å²) in [5, 5.41) is 0. The zero-order chi connectivity index (χ0) is 15.1. The Kier molecular flexibility index (Phi) is 15.0. The zero-order valence-electron chi connectivity index (χ0n) is 13.4. The lowest BCUT2D eigenvalue weighted by Crippen LogP contribution is -2.45. The van der Waals surface area contributed by atoms with E-state index in [0.29, 0.717) is 46.2 Å². The van der Waals surface area contributed by atoms with Crippen LogP contribution in [0.4, 0.5) is 0 Å². The Morgan fingerprint density at radius 2 is 1.30 bits per heavy atom. The van der Waals surface area contributed by atoms with Crippen LogP contribution in [-0.2, 0) is 23.7 Å². The monoisotopic (exact) mass is 293 g/mol. The van der Waals surface area contributed by atoms with Crippen LogP contribution in [0.3, 0.4) is 0 Å². The normalized spacial score (nSPS) is 13.1. The van der Waals surface area contributed by atoms with E-state index in [0.717, 1.165) is 13.1 Å². The molecule has 6 nitrogen and oxygen atoms in total. The highest BCUT2D eigenvalue weighted by atomic mass is 16.5. The molecule has 0 rings (SSSR count). The summed E-state index contributed by atoms with van der Waals surface area (Å²) in [7, 11) is 5.09. The smallest absolute Gasteiger partial charge is 0.0701 e. The summed E-state index contributed by atoms with van der Waals surface area (Å²) in [6.07, 6.45) is 0. The molecule has 1 unspecified atom stereocenters. The van der Waals surface area contributed by atoms with E-state index in [1.54, 1.807) is 21.3 Å². The van der Waals surface area contributed by atoms with Gasteiger partial charge in [-0.25, -0.2) is 0 Å². The molecule has 6 heteroatoms. The van der Waals surface area contributed by atoms with Gasteiger partial charge in [0.05, 0.1) is 45.7 Å². The van der Waals surface area contributed by atoms with E-state index < -0.39 is 0 Å². The molecule has 0 N–H and O–H groups in total. The molecule has 0 radical (unpaired) electrons. The molecule has 0 spiro atoms. The topological polar surface area (TPSA) is 49.4 Å². The second kappa shape index (κ2) is 15.2. The number of hydrogen-bond donors (Lipinski definition) is 0. The lowest BCUT2D eigenvalue weighted by Gasteiger charge is -2.31. The van der Waals surface area contributed by atoms with Crippen LogP contribution in [0.2, 0.25) is 0 Å². The fourth-order valence-electron chi connectivity index (χ4n) is 1.77. The SMILES string of the molecule is CCOCC(COCCOC)N(CCOC)CCOC. The molecule has 0 aromatic heterocycles. The minimum atomic E-state index is 0.206. The van der Waals surface area contributed by atoms with E-state index >= 15 is 0 Å². The summed E-state index contributed by atoms with van der Waals surface area (Å²) in [5.41, 5.74) is 0. The van der Waals surface area contributed by atoms with Crippen molar-refractivity contribution < 1.29 is 23.7 Å². The van der Waals surface area contributed by atoms with Crippen molar-refractivity contribution in [1.82, 2.24) is 4.90 Å². The number of nitrogens with zero attached hydrogens (tertiary/aromatic N) is 1. The van der Waals surface area contributed by atoms with Gasteiger partial charge >= 0.3 is 0 Å². The molecule has 0 amide bonds. The van der Waals surface area contributed by atoms with E-state index in [1.807, 2.05) is 6.92 Å². The van der Waals surface area contributed by atoms with Crippen molar-refractivity contribution in [2.45, 2.75) is 13.0 Å². The van der Waals surface area contributed by atoms with Gasteiger partial charge < -0.3 is 23.7 Å². The predicted molar refractivity (Wildman–Crippen MR) is 78.3 cm³/mol. The molecule has 0 aromatic rings. The van der Waals surface area contributed by atoms with Crippen molar-refractivity contribution in [3.8, 4) is 0 Å². The van der Waals surface area contributed by atoms with Gasteiger partial charge in [0, 0.05) is 41.0 Å². The average Bonchev–Trinajstić information content (AvgIpc) is 2.47. The van der Waals surface area contributed by atoms with Crippen LogP contribution >= 0.6 is 0 Å². The third-order valence-corrected chi connectivity index (χ3v) is 2.94. The van der Waals surface area contributed by atoms with Gasteiger partial charge in [0.25, 0.3) is 0 Å². The van der Waals surface area contributed by atoms with Crippen LogP contribution in [0.5, 0.6) is 0 Å². The summed E-state index contributed by atoms with van der Waals surface area (Å²) < 4.78 is 26.5. The minimum Gasteiger partial charge on any atom is -0.383 e. The predicted octanol–water partition coefficient (Wildman–Crippen LogP) is 0.649. The first-order chi connectivity index (χ1) is 9.79. The van der Waals surface area contributed by atoms with Crippen LogP contribution in [0.25, 0.3) is 0 Å². The number of rotatable bonds is 15. The molecule has 122 valence electrons. The number of hydrogen-bond acceptors (Lipinski definition) is 6. The molecule has 0 aliphatic heterocycles. The molecule has 0 saturated heterocycles. The standard InChI is InChI=1S/C14H31NO5/c1-5-19-12-14(13-20-11-10-18-4)15(6-8-16-2)7-9-17-3/h14H,5-13H2,1-4H3. The third kappa shape index (κ3) is 10.5. The largest absolute Gasteiger partial charge is 0.383 e. The van der Waals surface area contributed by atoms with Gasteiger partial charge in [-0.3, -0.25) is 4.90 Å². The molecule has 20 heavy (non-hydrogen) atoms. The maximum atomic E-state index is 5.65. The van der Waals surface area contributed by atoms with E-state index in [1.165, 1.54) is 0 Å². The Bertz CT molecular complexity index is 186. The van der Waals surface area contributed by atoms with E-state index in [-0.39, 0.29) is 6.04 Å². The number of ether oxygens (including phenoxy) is 5. The van der Waals surface area contributed by atoms with Gasteiger partial charge in [0.2, 0.25) is 0 Å². The van der Waals surface area contributed by atoms with Crippen molar-refractivity contribution in [1.29, 1.82) is 0 Å². The Balaban J connectivity index is 4.28. The van der Waals surface area contributed by atoms with Crippen molar-refractivity contribution in [2.75, 3.05) is 80.7 Å². The Hall–Kier alpha value is -0.240. The summed E-state index contributed by atoms with van der Waals surface area (Å²) in [6.45, 7) is 8.23. The first kappa shape index (κ1) is 19.8. The molecule has 0 aliphatic rings. The van der Waals surface area contributed by atoms with Crippen molar-refractivity contribution in [3.63, 3.8) is 0 Å². The molecule has 0 saturated carbocycles. The fourth-order valence-corrected chi connectivity index (χ4v) is 1.77. The maximum Gasteiger partial charge on any atom is 0.0701 e. The van der Waals surface area contributed by atoms with Gasteiger partial charge in [-0.2, -0.15) is 0 Å². The highest BCUT2D eigenvalue weighted by molar-refractivity contribution is 4.71. The van der Waals surface area contributed by atoms with Crippen LogP contribution in [-0.4, -0.2) is 91.6 Å². The first-order valence-electron chi connectivity index (χ1n) is 7.16. The quantitative estimate of drug-likeness (QED) is 0.413. The van der Waals surface area contributed by atoms with Gasteiger partial charge in [-0.1, -0.05) is 0 Å². The van der Waals surface area contributed by atoms with Gasteiger partial charge in [0.15, 0.2) is 0 Å². The average molecular weight is 293 g/mol. The van der Waals surface area contributed by atoms with Crippen molar-refractivity contribution in [2.24, 2.45) is 0 Å². The lowest BCUT2D eigenvalue weighted by atomic mass is 10.2. The molecule has 0 bridgehead atoms. The maximum absolute atomic E-state index is 5.65. The summed E-state index contributed by atoms with van der Waals surface area (Å²) in [5.74, 6) is 0. The number of methoxy groups -OCH3 is 3. The molecule has 0 aliphatic carbocycles. The highest BCUT2D eigenvalue weighted by Gasteiger charge is 2.18. The molecule has 0 heterocycles. The summed E-state index contributed by atoms with van der Waals surface area (Å²) in [4.78, 5) is 2.29. The van der Waals surface area contributed by atoms with Crippen LogP contribution < -0.4 is 0 Å². The van der Waals surface area contributed by atoms with E-state index in [9.17, 15) is 0 Å². The van der Waals surface area contributed by atoms with Crippen molar-refractivity contribution in [3.05, 3.63) is 0 Å². The summed E-state index contributed by atoms with van der Waals surface area (Å²) in [6, 6.07) is 0.206. The highest BCUT2D eigenvalue weighted by Crippen LogP contribution is 2.03. The third-order valence-electron chi connectivity index (χ3n) is 2.94. The van der Waals surface area contributed by atoms with Crippen molar-refractivity contribution >= 4 is 0 Å². The second-order valence-electron chi connectivity index (χ2n) is 4.40. The Morgan fingerprint density at radius 1 is 0.750 bits per heavy atom. The first-order valence-corrected chi connectivity index (χ1v) is 7.16. The Labute approximate surface area is 123 Å². The lowest BCUT2D eigenvalue weighted by molar-refractivity contribution is -0.0176. The molecular weight excluding hydrogens is 262 g/mol. The van der Waals surface area contributed by atoms with Gasteiger partial charge in [-0.15, -0.1) is 0 Å². The van der Waals surface area contributed by atoms with E-state index in [2.05, 4.69) is 4.90 Å². The molecular formula is C14H31NO5. The fraction of sp³-hybridized carbons (Fsp3) is 1.00. The molecule has 0 aromatic carbocycles. The van der Waals surface area contributed by atoms with Crippen LogP contribution in [0, 0.1) is 0 Å². The zero-order valence-corrected chi connectivity index (χ0v) is 13.4. The van der Waals surface area contributed by atoms with Gasteiger partial charge in [0.1, 0.15) is 0 Å². The second-order valence-corrected chi connectivity index (χ2v) is 4.40. The van der Waals surface area contributed by atoms with Gasteiger partial charge in [-0.05, 0) is 6.92 Å². The minimum absolute atomic E-state index is 0.206. The van der Waals surface area contributed by atoms with Crippen LogP contribution in [0.15, 0.2) is 0 Å².